The van der Waals surface area contributed by atoms with Crippen LogP contribution in [-0.2, 0) is 14.3 Å². The maximum atomic E-state index is 13.3. The lowest BCUT2D eigenvalue weighted by Gasteiger charge is -2.53. The summed E-state index contributed by atoms with van der Waals surface area (Å²) in [5.41, 5.74) is 2.11. The van der Waals surface area contributed by atoms with E-state index in [4.69, 9.17) is 14.2 Å². The number of carbonyl (C=O) groups excluding carboxylic acids is 2. The van der Waals surface area contributed by atoms with Crippen LogP contribution in [0.5, 0.6) is 11.5 Å². The zero-order valence-electron chi connectivity index (χ0n) is 21.0. The van der Waals surface area contributed by atoms with Gasteiger partial charge < -0.3 is 19.5 Å². The SMILES string of the molecule is COc1cccc2c1OC(C)(C)[C@@H]1C[C@H]3CN(CC(=O)N4CC(=O)Nc5ccccc54)CC[C@H]3O[C@@H]21. The summed E-state index contributed by atoms with van der Waals surface area (Å²) in [6, 6.07) is 13.5. The lowest BCUT2D eigenvalue weighted by molar-refractivity contribution is -0.187. The first kappa shape index (κ1) is 23.3. The third kappa shape index (κ3) is 3.92. The molecule has 0 saturated carbocycles. The molecule has 8 nitrogen and oxygen atoms in total. The molecule has 2 fully saturated rings. The van der Waals surface area contributed by atoms with Gasteiger partial charge in [-0.1, -0.05) is 24.3 Å². The third-order valence-corrected chi connectivity index (χ3v) is 8.22. The molecule has 8 heteroatoms. The van der Waals surface area contributed by atoms with Crippen LogP contribution in [0.25, 0.3) is 0 Å². The van der Waals surface area contributed by atoms with Crippen LogP contribution in [0.4, 0.5) is 11.4 Å². The Morgan fingerprint density at radius 2 is 2.03 bits per heavy atom. The van der Waals surface area contributed by atoms with Crippen molar-refractivity contribution in [3.63, 3.8) is 0 Å². The number of anilines is 2. The van der Waals surface area contributed by atoms with Gasteiger partial charge in [-0.2, -0.15) is 0 Å². The van der Waals surface area contributed by atoms with Crippen LogP contribution in [0.3, 0.4) is 0 Å². The lowest BCUT2D eigenvalue weighted by Crippen LogP contribution is -2.56. The Kier molecular flexibility index (Phi) is 5.68. The van der Waals surface area contributed by atoms with Crippen molar-refractivity contribution in [2.24, 2.45) is 11.8 Å². The first-order valence-corrected chi connectivity index (χ1v) is 12.8. The largest absolute Gasteiger partial charge is 0.493 e. The molecular weight excluding hydrogens is 458 g/mol. The standard InChI is InChI=1S/C28H33N3O5/c1-28(2)19-13-17-14-30(16-25(33)31-15-24(32)29-20-8-4-5-9-21(20)31)12-11-22(17)35-26(19)18-7-6-10-23(34-3)27(18)36-28/h4-10,17,19,22,26H,11-16H2,1-3H3,(H,29,32)/t17-,19+,22+,26-/m0/s1. The molecule has 0 spiro atoms. The summed E-state index contributed by atoms with van der Waals surface area (Å²) in [4.78, 5) is 29.3. The number of piperidine rings is 1. The summed E-state index contributed by atoms with van der Waals surface area (Å²) >= 11 is 0. The Bertz CT molecular complexity index is 1200. The molecule has 2 saturated heterocycles. The fraction of sp³-hybridized carbons (Fsp3) is 0.500. The molecule has 4 atom stereocenters. The summed E-state index contributed by atoms with van der Waals surface area (Å²) in [5, 5.41) is 2.85. The molecule has 0 aromatic heterocycles. The number of fused-ring (bicyclic) bond motifs is 5. The van der Waals surface area contributed by atoms with E-state index in [0.29, 0.717) is 18.2 Å². The molecule has 0 radical (unpaired) electrons. The van der Waals surface area contributed by atoms with Gasteiger partial charge in [0, 0.05) is 24.6 Å². The molecule has 2 amide bonds. The van der Waals surface area contributed by atoms with Crippen molar-refractivity contribution in [2.75, 3.05) is 43.5 Å². The van der Waals surface area contributed by atoms with E-state index in [2.05, 4.69) is 30.1 Å². The van der Waals surface area contributed by atoms with Crippen LogP contribution in [0.2, 0.25) is 0 Å². The molecule has 2 aromatic carbocycles. The topological polar surface area (TPSA) is 80.3 Å². The third-order valence-electron chi connectivity index (χ3n) is 8.22. The van der Waals surface area contributed by atoms with Crippen molar-refractivity contribution in [3.8, 4) is 11.5 Å². The number of rotatable bonds is 3. The summed E-state index contributed by atoms with van der Waals surface area (Å²) in [7, 11) is 1.67. The van der Waals surface area contributed by atoms with Crippen LogP contribution in [-0.4, -0.2) is 61.7 Å². The molecule has 0 unspecified atom stereocenters. The van der Waals surface area contributed by atoms with E-state index in [1.54, 1.807) is 12.0 Å². The number of nitrogens with zero attached hydrogens (tertiary/aromatic N) is 2. The molecule has 0 aliphatic carbocycles. The highest BCUT2D eigenvalue weighted by Gasteiger charge is 2.52. The fourth-order valence-corrected chi connectivity index (χ4v) is 6.40. The number of methoxy groups -OCH3 is 1. The Morgan fingerprint density at radius 3 is 2.86 bits per heavy atom. The number of hydrogen-bond donors (Lipinski definition) is 1. The minimum atomic E-state index is -0.403. The van der Waals surface area contributed by atoms with Crippen molar-refractivity contribution in [3.05, 3.63) is 48.0 Å². The quantitative estimate of drug-likeness (QED) is 0.707. The number of carbonyl (C=O) groups is 2. The maximum absolute atomic E-state index is 13.3. The Balaban J connectivity index is 1.17. The number of likely N-dealkylation sites (tertiary alicyclic amines) is 1. The van der Waals surface area contributed by atoms with E-state index in [1.165, 1.54) is 0 Å². The van der Waals surface area contributed by atoms with Gasteiger partial charge in [0.2, 0.25) is 11.8 Å². The highest BCUT2D eigenvalue weighted by atomic mass is 16.5. The molecule has 190 valence electrons. The van der Waals surface area contributed by atoms with E-state index < -0.39 is 5.60 Å². The second kappa shape index (κ2) is 8.78. The van der Waals surface area contributed by atoms with E-state index in [0.717, 1.165) is 48.7 Å². The molecule has 4 aliphatic heterocycles. The molecule has 6 rings (SSSR count). The molecule has 1 N–H and O–H groups in total. The Labute approximate surface area is 211 Å². The minimum Gasteiger partial charge on any atom is -0.493 e. The second-order valence-corrected chi connectivity index (χ2v) is 10.9. The highest BCUT2D eigenvalue weighted by molar-refractivity contribution is 6.10. The molecule has 36 heavy (non-hydrogen) atoms. The van der Waals surface area contributed by atoms with Crippen molar-refractivity contribution in [1.29, 1.82) is 0 Å². The van der Waals surface area contributed by atoms with Crippen LogP contribution in [0, 0.1) is 11.8 Å². The van der Waals surface area contributed by atoms with Crippen molar-refractivity contribution in [2.45, 2.75) is 44.5 Å². The van der Waals surface area contributed by atoms with Crippen LogP contribution in [0.1, 0.15) is 38.4 Å². The van der Waals surface area contributed by atoms with Gasteiger partial charge in [-0.15, -0.1) is 0 Å². The molecular formula is C28H33N3O5. The zero-order chi connectivity index (χ0) is 25.0. The number of para-hydroxylation sites is 3. The summed E-state index contributed by atoms with van der Waals surface area (Å²) in [6.45, 7) is 6.19. The number of nitrogens with one attached hydrogen (secondary N) is 1. The smallest absolute Gasteiger partial charge is 0.244 e. The number of benzene rings is 2. The normalized spacial score (nSPS) is 28.5. The van der Waals surface area contributed by atoms with Gasteiger partial charge in [-0.05, 0) is 50.8 Å². The van der Waals surface area contributed by atoms with Gasteiger partial charge in [0.1, 0.15) is 12.1 Å². The Morgan fingerprint density at radius 1 is 1.19 bits per heavy atom. The van der Waals surface area contributed by atoms with Gasteiger partial charge in [-0.3, -0.25) is 19.4 Å². The number of ether oxygens (including phenoxy) is 3. The average Bonchev–Trinajstić information content (AvgIpc) is 2.87. The predicted octanol–water partition coefficient (Wildman–Crippen LogP) is 3.62. The van der Waals surface area contributed by atoms with Gasteiger partial charge in [0.15, 0.2) is 11.5 Å². The van der Waals surface area contributed by atoms with Gasteiger partial charge in [-0.25, -0.2) is 0 Å². The lowest BCUT2D eigenvalue weighted by atomic mass is 9.70. The van der Waals surface area contributed by atoms with E-state index in [-0.39, 0.29) is 36.5 Å². The van der Waals surface area contributed by atoms with Crippen LogP contribution >= 0.6 is 0 Å². The highest BCUT2D eigenvalue weighted by Crippen LogP contribution is 2.55. The van der Waals surface area contributed by atoms with Crippen molar-refractivity contribution in [1.82, 2.24) is 4.90 Å². The predicted molar refractivity (Wildman–Crippen MR) is 135 cm³/mol. The van der Waals surface area contributed by atoms with Gasteiger partial charge >= 0.3 is 0 Å². The van der Waals surface area contributed by atoms with E-state index >= 15 is 0 Å². The minimum absolute atomic E-state index is 0.0309. The first-order chi connectivity index (χ1) is 17.3. The van der Waals surface area contributed by atoms with Gasteiger partial charge in [0.25, 0.3) is 0 Å². The first-order valence-electron chi connectivity index (χ1n) is 12.8. The van der Waals surface area contributed by atoms with Gasteiger partial charge in [0.05, 0.1) is 37.2 Å². The van der Waals surface area contributed by atoms with Crippen molar-refractivity contribution < 1.29 is 23.8 Å². The average molecular weight is 492 g/mol. The number of amides is 2. The molecule has 4 aliphatic rings. The molecule has 4 heterocycles. The van der Waals surface area contributed by atoms with Crippen LogP contribution < -0.4 is 19.7 Å². The van der Waals surface area contributed by atoms with E-state index in [9.17, 15) is 9.59 Å². The fourth-order valence-electron chi connectivity index (χ4n) is 6.40. The zero-order valence-corrected chi connectivity index (χ0v) is 21.0. The maximum Gasteiger partial charge on any atom is 0.244 e. The monoisotopic (exact) mass is 491 g/mol. The summed E-state index contributed by atoms with van der Waals surface area (Å²) < 4.78 is 18.8. The van der Waals surface area contributed by atoms with Crippen molar-refractivity contribution >= 4 is 23.2 Å². The van der Waals surface area contributed by atoms with Crippen LogP contribution in [0.15, 0.2) is 42.5 Å². The molecule has 2 aromatic rings. The number of hydrogen-bond acceptors (Lipinski definition) is 6. The summed E-state index contributed by atoms with van der Waals surface area (Å²) in [6.07, 6.45) is 1.96. The molecule has 0 bridgehead atoms. The van der Waals surface area contributed by atoms with E-state index in [1.807, 2.05) is 36.4 Å². The Hall–Kier alpha value is -3.10. The second-order valence-electron chi connectivity index (χ2n) is 10.9. The summed E-state index contributed by atoms with van der Waals surface area (Å²) in [5.74, 6) is 1.84.